The Morgan fingerprint density at radius 3 is 2.47 bits per heavy atom. The lowest BCUT2D eigenvalue weighted by Crippen LogP contribution is -2.48. The van der Waals surface area contributed by atoms with Gasteiger partial charge in [-0.05, 0) is 50.9 Å². The molecule has 17 heavy (non-hydrogen) atoms. The highest BCUT2D eigenvalue weighted by Gasteiger charge is 2.35. The molecule has 0 radical (unpaired) electrons. The van der Waals surface area contributed by atoms with Crippen LogP contribution in [-0.2, 0) is 4.74 Å². The van der Waals surface area contributed by atoms with E-state index in [1.165, 1.54) is 32.1 Å². The van der Waals surface area contributed by atoms with E-state index < -0.39 is 0 Å². The molecule has 2 aliphatic rings. The van der Waals surface area contributed by atoms with E-state index in [-0.39, 0.29) is 5.60 Å². The molecule has 1 N–H and O–H groups in total. The van der Waals surface area contributed by atoms with E-state index in [9.17, 15) is 0 Å². The first kappa shape index (κ1) is 13.4. The average Bonchev–Trinajstić information content (AvgIpc) is 2.75. The van der Waals surface area contributed by atoms with E-state index in [0.29, 0.717) is 6.04 Å². The van der Waals surface area contributed by atoms with Crippen LogP contribution in [0.1, 0.15) is 65.7 Å². The maximum Gasteiger partial charge on any atom is 0.0692 e. The third-order valence-corrected chi connectivity index (χ3v) is 4.95. The number of hydrogen-bond donors (Lipinski definition) is 1. The van der Waals surface area contributed by atoms with Crippen LogP contribution in [-0.4, -0.2) is 24.3 Å². The summed E-state index contributed by atoms with van der Waals surface area (Å²) < 4.78 is 6.04. The maximum absolute atomic E-state index is 6.04. The van der Waals surface area contributed by atoms with E-state index >= 15 is 0 Å². The highest BCUT2D eigenvalue weighted by atomic mass is 16.5. The molecule has 2 nitrogen and oxygen atoms in total. The van der Waals surface area contributed by atoms with Gasteiger partial charge in [0.25, 0.3) is 0 Å². The molecule has 0 bridgehead atoms. The minimum atomic E-state index is 0.167. The summed E-state index contributed by atoms with van der Waals surface area (Å²) in [5, 5.41) is 3.89. The zero-order valence-corrected chi connectivity index (χ0v) is 11.8. The van der Waals surface area contributed by atoms with Crippen molar-refractivity contribution in [2.24, 2.45) is 5.92 Å². The van der Waals surface area contributed by atoms with E-state index in [0.717, 1.165) is 31.4 Å². The monoisotopic (exact) mass is 239 g/mol. The van der Waals surface area contributed by atoms with Gasteiger partial charge < -0.3 is 10.1 Å². The molecule has 0 amide bonds. The first-order valence-corrected chi connectivity index (χ1v) is 7.57. The highest BCUT2D eigenvalue weighted by Crippen LogP contribution is 2.33. The molecule has 1 heterocycles. The van der Waals surface area contributed by atoms with Crippen LogP contribution in [0, 0.1) is 5.92 Å². The van der Waals surface area contributed by atoms with E-state index in [1.807, 2.05) is 0 Å². The van der Waals surface area contributed by atoms with Crippen LogP contribution >= 0.6 is 0 Å². The highest BCUT2D eigenvalue weighted by molar-refractivity contribution is 4.90. The van der Waals surface area contributed by atoms with Crippen molar-refractivity contribution >= 4 is 0 Å². The summed E-state index contributed by atoms with van der Waals surface area (Å²) in [6.07, 6.45) is 8.89. The van der Waals surface area contributed by atoms with Crippen LogP contribution in [0.2, 0.25) is 0 Å². The van der Waals surface area contributed by atoms with Crippen molar-refractivity contribution < 1.29 is 4.74 Å². The Labute approximate surface area is 107 Å². The summed E-state index contributed by atoms with van der Waals surface area (Å²) in [7, 11) is 0. The van der Waals surface area contributed by atoms with Crippen LogP contribution in [0.5, 0.6) is 0 Å². The lowest BCUT2D eigenvalue weighted by atomic mass is 9.85. The fourth-order valence-electron chi connectivity index (χ4n) is 3.60. The van der Waals surface area contributed by atoms with Crippen molar-refractivity contribution in [2.75, 3.05) is 6.61 Å². The van der Waals surface area contributed by atoms with Gasteiger partial charge in [0.1, 0.15) is 0 Å². The second kappa shape index (κ2) is 5.71. The van der Waals surface area contributed by atoms with Crippen molar-refractivity contribution in [1.29, 1.82) is 0 Å². The molecule has 1 aliphatic carbocycles. The van der Waals surface area contributed by atoms with Gasteiger partial charge in [0, 0.05) is 18.7 Å². The number of nitrogens with one attached hydrogen (secondary N) is 1. The largest absolute Gasteiger partial charge is 0.375 e. The molecule has 100 valence electrons. The van der Waals surface area contributed by atoms with Crippen LogP contribution in [0.25, 0.3) is 0 Å². The van der Waals surface area contributed by atoms with Crippen molar-refractivity contribution in [3.8, 4) is 0 Å². The molecule has 3 unspecified atom stereocenters. The molecule has 0 spiro atoms. The van der Waals surface area contributed by atoms with Crippen LogP contribution in [0.15, 0.2) is 0 Å². The van der Waals surface area contributed by atoms with Crippen LogP contribution < -0.4 is 5.32 Å². The molecule has 1 saturated heterocycles. The molecule has 2 rings (SSSR count). The fourth-order valence-corrected chi connectivity index (χ4v) is 3.60. The first-order valence-electron chi connectivity index (χ1n) is 7.57. The quantitative estimate of drug-likeness (QED) is 0.810. The fraction of sp³-hybridized carbons (Fsp3) is 1.00. The molecule has 0 aromatic rings. The van der Waals surface area contributed by atoms with Crippen molar-refractivity contribution in [1.82, 2.24) is 5.32 Å². The van der Waals surface area contributed by atoms with Gasteiger partial charge in [0.2, 0.25) is 0 Å². The van der Waals surface area contributed by atoms with E-state index in [1.54, 1.807) is 0 Å². The minimum absolute atomic E-state index is 0.167. The average molecular weight is 239 g/mol. The van der Waals surface area contributed by atoms with Crippen LogP contribution in [0.3, 0.4) is 0 Å². The van der Waals surface area contributed by atoms with Gasteiger partial charge in [-0.25, -0.2) is 0 Å². The normalized spacial score (nSPS) is 37.2. The summed E-state index contributed by atoms with van der Waals surface area (Å²) >= 11 is 0. The molecular weight excluding hydrogens is 210 g/mol. The standard InChI is InChI=1S/C15H29NO/c1-4-15(5-2)11-14(8-9-17-15)16-13-7-6-12(3)10-13/h12-14,16H,4-11H2,1-3H3. The van der Waals surface area contributed by atoms with Gasteiger partial charge >= 0.3 is 0 Å². The van der Waals surface area contributed by atoms with Gasteiger partial charge in [-0.3, -0.25) is 0 Å². The lowest BCUT2D eigenvalue weighted by Gasteiger charge is -2.41. The van der Waals surface area contributed by atoms with Crippen molar-refractivity contribution in [2.45, 2.75) is 83.4 Å². The second-order valence-electron chi connectivity index (χ2n) is 6.21. The Bertz CT molecular complexity index is 237. The Hall–Kier alpha value is -0.0800. The van der Waals surface area contributed by atoms with Crippen molar-refractivity contribution in [3.63, 3.8) is 0 Å². The molecule has 1 saturated carbocycles. The molecule has 3 atom stereocenters. The Kier molecular flexibility index (Phi) is 4.48. The third kappa shape index (κ3) is 3.23. The van der Waals surface area contributed by atoms with E-state index in [2.05, 4.69) is 26.1 Å². The Morgan fingerprint density at radius 1 is 1.12 bits per heavy atom. The molecule has 0 aromatic carbocycles. The zero-order valence-electron chi connectivity index (χ0n) is 11.8. The van der Waals surface area contributed by atoms with Crippen molar-refractivity contribution in [3.05, 3.63) is 0 Å². The lowest BCUT2D eigenvalue weighted by molar-refractivity contribution is -0.0940. The maximum atomic E-state index is 6.04. The second-order valence-corrected chi connectivity index (χ2v) is 6.21. The smallest absolute Gasteiger partial charge is 0.0692 e. The molecule has 0 aromatic heterocycles. The number of ether oxygens (including phenoxy) is 1. The predicted octanol–water partition coefficient (Wildman–Crippen LogP) is 3.50. The molecule has 2 heteroatoms. The summed E-state index contributed by atoms with van der Waals surface area (Å²) in [5.74, 6) is 0.925. The van der Waals surface area contributed by atoms with Gasteiger partial charge in [-0.2, -0.15) is 0 Å². The number of hydrogen-bond acceptors (Lipinski definition) is 2. The Balaban J connectivity index is 1.85. The Morgan fingerprint density at radius 2 is 1.88 bits per heavy atom. The predicted molar refractivity (Wildman–Crippen MR) is 72.2 cm³/mol. The summed E-state index contributed by atoms with van der Waals surface area (Å²) in [5.41, 5.74) is 0.167. The summed E-state index contributed by atoms with van der Waals surface area (Å²) in [4.78, 5) is 0. The topological polar surface area (TPSA) is 21.3 Å². The minimum Gasteiger partial charge on any atom is -0.375 e. The van der Waals surface area contributed by atoms with Gasteiger partial charge in [-0.15, -0.1) is 0 Å². The van der Waals surface area contributed by atoms with Gasteiger partial charge in [-0.1, -0.05) is 20.8 Å². The summed E-state index contributed by atoms with van der Waals surface area (Å²) in [6.45, 7) is 7.86. The number of rotatable bonds is 4. The van der Waals surface area contributed by atoms with Crippen LogP contribution in [0.4, 0.5) is 0 Å². The molecule has 1 aliphatic heterocycles. The first-order chi connectivity index (χ1) is 8.17. The van der Waals surface area contributed by atoms with E-state index in [4.69, 9.17) is 4.74 Å². The SMILES string of the molecule is CCC1(CC)CC(NC2CCC(C)C2)CCO1. The van der Waals surface area contributed by atoms with Gasteiger partial charge in [0.05, 0.1) is 5.60 Å². The molecular formula is C15H29NO. The third-order valence-electron chi connectivity index (χ3n) is 4.95. The molecule has 2 fully saturated rings. The zero-order chi connectivity index (χ0) is 12.3. The van der Waals surface area contributed by atoms with Gasteiger partial charge in [0.15, 0.2) is 0 Å². The summed E-state index contributed by atoms with van der Waals surface area (Å²) in [6, 6.07) is 1.47.